The molecule has 1 atom stereocenters. The van der Waals surface area contributed by atoms with Gasteiger partial charge in [0.1, 0.15) is 0 Å². The van der Waals surface area contributed by atoms with Gasteiger partial charge in [-0.1, -0.05) is 6.58 Å². The molecule has 1 saturated heterocycles. The van der Waals surface area contributed by atoms with Crippen LogP contribution in [-0.4, -0.2) is 47.8 Å². The molecule has 0 spiro atoms. The maximum Gasteiger partial charge on any atom is 0.317 e. The monoisotopic (exact) mass is 247 g/mol. The molecular formula is C12H13N3O3. The van der Waals surface area contributed by atoms with Crippen LogP contribution in [0.15, 0.2) is 29.4 Å². The van der Waals surface area contributed by atoms with Gasteiger partial charge in [0.25, 0.3) is 0 Å². The summed E-state index contributed by atoms with van der Waals surface area (Å²) in [6.45, 7) is 4.70. The summed E-state index contributed by atoms with van der Waals surface area (Å²) in [6, 6.07) is 0.0255. The van der Waals surface area contributed by atoms with Gasteiger partial charge in [0.15, 0.2) is 0 Å². The molecule has 2 aliphatic heterocycles. The number of hydrogen-bond donors (Lipinski definition) is 1. The largest absolute Gasteiger partial charge is 0.368 e. The van der Waals surface area contributed by atoms with Gasteiger partial charge in [0.05, 0.1) is 11.9 Å². The first kappa shape index (κ1) is 12.2. The van der Waals surface area contributed by atoms with Crippen LogP contribution in [0.4, 0.5) is 0 Å². The van der Waals surface area contributed by atoms with E-state index in [1.807, 2.05) is 4.90 Å². The van der Waals surface area contributed by atoms with Crippen molar-refractivity contribution in [3.63, 3.8) is 0 Å². The Kier molecular flexibility index (Phi) is 3.36. The molecule has 0 aromatic carbocycles. The summed E-state index contributed by atoms with van der Waals surface area (Å²) < 4.78 is 0. The zero-order chi connectivity index (χ0) is 13.1. The second-order valence-electron chi connectivity index (χ2n) is 4.14. The number of dihydropyridines is 1. The molecule has 0 unspecified atom stereocenters. The highest BCUT2D eigenvalue weighted by Crippen LogP contribution is 2.16. The normalized spacial score (nSPS) is 23.0. The summed E-state index contributed by atoms with van der Waals surface area (Å²) in [5.41, 5.74) is 0.620. The van der Waals surface area contributed by atoms with Gasteiger partial charge in [-0.05, 0) is 12.5 Å². The molecule has 2 amide bonds. The summed E-state index contributed by atoms with van der Waals surface area (Å²) in [6.07, 6.45) is 4.69. The number of nitrogens with zero attached hydrogens (tertiary/aromatic N) is 2. The summed E-state index contributed by atoms with van der Waals surface area (Å²) >= 11 is 0. The van der Waals surface area contributed by atoms with Crippen molar-refractivity contribution in [3.05, 3.63) is 24.4 Å². The van der Waals surface area contributed by atoms with Crippen molar-refractivity contribution in [3.8, 4) is 0 Å². The molecule has 0 bridgehead atoms. The van der Waals surface area contributed by atoms with E-state index >= 15 is 0 Å². The van der Waals surface area contributed by atoms with Crippen LogP contribution in [0, 0.1) is 0 Å². The highest BCUT2D eigenvalue weighted by Gasteiger charge is 2.26. The smallest absolute Gasteiger partial charge is 0.317 e. The van der Waals surface area contributed by atoms with Crippen LogP contribution < -0.4 is 5.32 Å². The number of allylic oxidation sites excluding steroid dienone is 1. The van der Waals surface area contributed by atoms with Gasteiger partial charge in [-0.15, -0.1) is 0 Å². The fourth-order valence-corrected chi connectivity index (χ4v) is 1.97. The standard InChI is InChI=1S/C12H13N3O3/c1-2-11(17)14-8-3-4-15(7-8)9-5-10(16)12(18)13-6-9/h2,5-6,8H,1,3-4,7H2,(H,14,17)/t8-/m1/s1. The Hall–Kier alpha value is -2.24. The molecular weight excluding hydrogens is 234 g/mol. The van der Waals surface area contributed by atoms with Crippen molar-refractivity contribution >= 4 is 23.8 Å². The third-order valence-corrected chi connectivity index (χ3v) is 2.89. The van der Waals surface area contributed by atoms with Gasteiger partial charge in [-0.25, -0.2) is 4.99 Å². The second-order valence-corrected chi connectivity index (χ2v) is 4.14. The highest BCUT2D eigenvalue weighted by atomic mass is 16.2. The second kappa shape index (κ2) is 4.95. The minimum absolute atomic E-state index is 0.0255. The lowest BCUT2D eigenvalue weighted by Gasteiger charge is -2.20. The van der Waals surface area contributed by atoms with Crippen molar-refractivity contribution in [1.29, 1.82) is 0 Å². The summed E-state index contributed by atoms with van der Waals surface area (Å²) in [5, 5.41) is 2.80. The molecule has 0 aliphatic carbocycles. The average molecular weight is 247 g/mol. The number of amides is 2. The Bertz CT molecular complexity index is 479. The molecule has 18 heavy (non-hydrogen) atoms. The molecule has 0 radical (unpaired) electrons. The molecule has 94 valence electrons. The van der Waals surface area contributed by atoms with E-state index in [0.29, 0.717) is 18.8 Å². The zero-order valence-corrected chi connectivity index (χ0v) is 9.76. The maximum atomic E-state index is 11.2. The minimum Gasteiger partial charge on any atom is -0.368 e. The van der Waals surface area contributed by atoms with Crippen LogP contribution >= 0.6 is 0 Å². The van der Waals surface area contributed by atoms with E-state index < -0.39 is 11.7 Å². The van der Waals surface area contributed by atoms with Crippen LogP contribution in [-0.2, 0) is 14.4 Å². The van der Waals surface area contributed by atoms with Gasteiger partial charge in [0, 0.05) is 25.2 Å². The van der Waals surface area contributed by atoms with Crippen LogP contribution in [0.2, 0.25) is 0 Å². The van der Waals surface area contributed by atoms with Crippen LogP contribution in [0.5, 0.6) is 0 Å². The minimum atomic E-state index is -0.741. The van der Waals surface area contributed by atoms with Gasteiger partial charge in [-0.2, -0.15) is 0 Å². The van der Waals surface area contributed by atoms with Gasteiger partial charge in [0.2, 0.25) is 11.7 Å². The first-order valence-corrected chi connectivity index (χ1v) is 5.62. The lowest BCUT2D eigenvalue weighted by molar-refractivity contribution is -0.133. The fourth-order valence-electron chi connectivity index (χ4n) is 1.97. The van der Waals surface area contributed by atoms with E-state index in [4.69, 9.17) is 0 Å². The summed E-state index contributed by atoms with van der Waals surface area (Å²) in [4.78, 5) is 38.7. The van der Waals surface area contributed by atoms with E-state index in [0.717, 1.165) is 6.42 Å². The molecule has 2 aliphatic rings. The Morgan fingerprint density at radius 3 is 3.00 bits per heavy atom. The Balaban J connectivity index is 1.97. The Labute approximate surface area is 104 Å². The summed E-state index contributed by atoms with van der Waals surface area (Å²) in [5.74, 6) is -1.56. The van der Waals surface area contributed by atoms with Gasteiger partial charge >= 0.3 is 5.91 Å². The van der Waals surface area contributed by atoms with Crippen molar-refractivity contribution in [2.75, 3.05) is 13.1 Å². The Morgan fingerprint density at radius 1 is 1.56 bits per heavy atom. The first-order chi connectivity index (χ1) is 8.60. The predicted octanol–water partition coefficient (Wildman–Crippen LogP) is -0.573. The molecule has 6 nitrogen and oxygen atoms in total. The third kappa shape index (κ3) is 2.53. The van der Waals surface area contributed by atoms with Crippen LogP contribution in [0.3, 0.4) is 0 Å². The van der Waals surface area contributed by atoms with Crippen LogP contribution in [0.1, 0.15) is 6.42 Å². The van der Waals surface area contributed by atoms with Crippen molar-refractivity contribution in [1.82, 2.24) is 10.2 Å². The van der Waals surface area contributed by atoms with Crippen molar-refractivity contribution < 1.29 is 14.4 Å². The number of ketones is 1. The quantitative estimate of drug-likeness (QED) is 0.535. The predicted molar refractivity (Wildman–Crippen MR) is 64.9 cm³/mol. The zero-order valence-electron chi connectivity index (χ0n) is 9.76. The summed E-state index contributed by atoms with van der Waals surface area (Å²) in [7, 11) is 0. The third-order valence-electron chi connectivity index (χ3n) is 2.89. The maximum absolute atomic E-state index is 11.2. The highest BCUT2D eigenvalue weighted by molar-refractivity contribution is 6.44. The number of carbonyl (C=O) groups is 3. The lowest BCUT2D eigenvalue weighted by Crippen LogP contribution is -2.36. The topological polar surface area (TPSA) is 78.8 Å². The van der Waals surface area contributed by atoms with E-state index in [2.05, 4.69) is 16.9 Å². The number of nitrogens with one attached hydrogen (secondary N) is 1. The molecule has 0 aromatic heterocycles. The number of carbonyl (C=O) groups excluding carboxylic acids is 3. The number of rotatable bonds is 3. The average Bonchev–Trinajstić information content (AvgIpc) is 2.81. The molecule has 1 fully saturated rings. The molecule has 2 heterocycles. The molecule has 0 saturated carbocycles. The van der Waals surface area contributed by atoms with E-state index in [-0.39, 0.29) is 11.9 Å². The van der Waals surface area contributed by atoms with Crippen molar-refractivity contribution in [2.24, 2.45) is 4.99 Å². The van der Waals surface area contributed by atoms with E-state index in [1.165, 1.54) is 18.4 Å². The lowest BCUT2D eigenvalue weighted by atomic mass is 10.2. The molecule has 6 heteroatoms. The van der Waals surface area contributed by atoms with Gasteiger partial charge in [-0.3, -0.25) is 14.4 Å². The fraction of sp³-hybridized carbons (Fsp3) is 0.333. The molecule has 0 aromatic rings. The first-order valence-electron chi connectivity index (χ1n) is 5.62. The SMILES string of the molecule is C=CC(=O)N[C@@H]1CCN(C2=CC(=O)C(=O)N=C2)C1. The van der Waals surface area contributed by atoms with Crippen molar-refractivity contribution in [2.45, 2.75) is 12.5 Å². The molecule has 2 rings (SSSR count). The number of hydrogen-bond acceptors (Lipinski definition) is 4. The number of likely N-dealkylation sites (tertiary alicyclic amines) is 1. The Morgan fingerprint density at radius 2 is 2.33 bits per heavy atom. The van der Waals surface area contributed by atoms with E-state index in [1.54, 1.807) is 0 Å². The van der Waals surface area contributed by atoms with Gasteiger partial charge < -0.3 is 10.2 Å². The number of aliphatic imine (C=N–C) groups is 1. The van der Waals surface area contributed by atoms with Crippen LogP contribution in [0.25, 0.3) is 0 Å². The molecule has 1 N–H and O–H groups in total. The van der Waals surface area contributed by atoms with E-state index in [9.17, 15) is 14.4 Å².